The van der Waals surface area contributed by atoms with Crippen molar-refractivity contribution < 1.29 is 13.2 Å². The minimum atomic E-state index is -4.14. The van der Waals surface area contributed by atoms with Crippen molar-refractivity contribution in [2.45, 2.75) is 25.6 Å². The number of likely N-dealkylation sites (tertiary alicyclic amines) is 1. The number of aromatic nitrogens is 2. The van der Waals surface area contributed by atoms with Crippen molar-refractivity contribution in [2.75, 3.05) is 18.8 Å². The van der Waals surface area contributed by atoms with Gasteiger partial charge in [-0.05, 0) is 31.5 Å². The smallest absolute Gasteiger partial charge is 0.383 e. The second-order valence-electron chi connectivity index (χ2n) is 5.66. The normalized spacial score (nSPS) is 20.4. The van der Waals surface area contributed by atoms with E-state index in [0.29, 0.717) is 31.2 Å². The Labute approximate surface area is 126 Å². The van der Waals surface area contributed by atoms with E-state index in [9.17, 15) is 13.2 Å². The summed E-state index contributed by atoms with van der Waals surface area (Å²) in [5.41, 5.74) is 6.63. The number of nitrogen functional groups attached to an aromatic ring is 1. The summed E-state index contributed by atoms with van der Waals surface area (Å²) in [7, 11) is 0. The molecule has 1 aliphatic rings. The van der Waals surface area contributed by atoms with Crippen molar-refractivity contribution in [1.29, 1.82) is 0 Å². The van der Waals surface area contributed by atoms with Gasteiger partial charge in [0.25, 0.3) is 0 Å². The highest BCUT2D eigenvalue weighted by Gasteiger charge is 2.41. The van der Waals surface area contributed by atoms with Gasteiger partial charge < -0.3 is 5.73 Å². The van der Waals surface area contributed by atoms with Crippen molar-refractivity contribution in [3.05, 3.63) is 30.1 Å². The van der Waals surface area contributed by atoms with Crippen molar-refractivity contribution in [3.63, 3.8) is 0 Å². The Hall–Kier alpha value is -1.89. The molecule has 1 saturated heterocycles. The highest BCUT2D eigenvalue weighted by Crippen LogP contribution is 2.33. The zero-order valence-electron chi connectivity index (χ0n) is 12.0. The van der Waals surface area contributed by atoms with Crippen LogP contribution in [-0.2, 0) is 6.54 Å². The highest BCUT2D eigenvalue weighted by molar-refractivity contribution is 5.87. The van der Waals surface area contributed by atoms with Crippen LogP contribution in [0.15, 0.2) is 24.3 Å². The van der Waals surface area contributed by atoms with E-state index in [-0.39, 0.29) is 13.0 Å². The summed E-state index contributed by atoms with van der Waals surface area (Å²) in [6.45, 7) is 0.921. The summed E-state index contributed by atoms with van der Waals surface area (Å²) >= 11 is 0. The number of rotatable bonds is 2. The third-order valence-corrected chi connectivity index (χ3v) is 4.01. The van der Waals surface area contributed by atoms with E-state index in [1.54, 1.807) is 4.90 Å². The molecule has 0 unspecified atom stereocenters. The molecule has 0 bridgehead atoms. The number of benzene rings is 1. The topological polar surface area (TPSA) is 55.0 Å². The molecular formula is C15H17F3N4. The van der Waals surface area contributed by atoms with Gasteiger partial charge in [-0.25, -0.2) is 9.97 Å². The van der Waals surface area contributed by atoms with E-state index in [0.717, 1.165) is 10.9 Å². The minimum absolute atomic E-state index is 0.000405. The molecule has 0 aliphatic carbocycles. The number of hydrogen-bond donors (Lipinski definition) is 1. The number of hydrogen-bond acceptors (Lipinski definition) is 4. The number of para-hydroxylation sites is 1. The molecule has 2 heterocycles. The molecular weight excluding hydrogens is 293 g/mol. The second-order valence-corrected chi connectivity index (χ2v) is 5.66. The lowest BCUT2D eigenvalue weighted by Crippen LogP contribution is -2.41. The zero-order chi connectivity index (χ0) is 15.7. The fourth-order valence-electron chi connectivity index (χ4n) is 2.89. The molecule has 1 fully saturated rings. The summed E-state index contributed by atoms with van der Waals surface area (Å²) in [6, 6.07) is 7.35. The number of anilines is 1. The van der Waals surface area contributed by atoms with Gasteiger partial charge in [-0.15, -0.1) is 0 Å². The third kappa shape index (κ3) is 3.14. The van der Waals surface area contributed by atoms with Gasteiger partial charge >= 0.3 is 6.18 Å². The van der Waals surface area contributed by atoms with Gasteiger partial charge in [-0.3, -0.25) is 4.90 Å². The minimum Gasteiger partial charge on any atom is -0.383 e. The molecule has 7 heteroatoms. The Morgan fingerprint density at radius 1 is 1.23 bits per heavy atom. The molecule has 2 aromatic rings. The fourth-order valence-corrected chi connectivity index (χ4v) is 2.89. The maximum absolute atomic E-state index is 12.8. The van der Waals surface area contributed by atoms with E-state index in [2.05, 4.69) is 9.97 Å². The molecule has 22 heavy (non-hydrogen) atoms. The van der Waals surface area contributed by atoms with E-state index >= 15 is 0 Å². The van der Waals surface area contributed by atoms with E-state index < -0.39 is 12.1 Å². The van der Waals surface area contributed by atoms with E-state index in [4.69, 9.17) is 5.73 Å². The van der Waals surface area contributed by atoms with Crippen LogP contribution in [0.4, 0.5) is 19.0 Å². The van der Waals surface area contributed by atoms with Gasteiger partial charge in [0, 0.05) is 11.9 Å². The van der Waals surface area contributed by atoms with Gasteiger partial charge in [0.15, 0.2) is 0 Å². The summed E-state index contributed by atoms with van der Waals surface area (Å²) in [4.78, 5) is 10.4. The van der Waals surface area contributed by atoms with Crippen molar-refractivity contribution >= 4 is 16.7 Å². The Morgan fingerprint density at radius 2 is 2.00 bits per heavy atom. The summed E-state index contributed by atoms with van der Waals surface area (Å²) < 4.78 is 38.5. The van der Waals surface area contributed by atoms with Crippen LogP contribution in [0.3, 0.4) is 0 Å². The van der Waals surface area contributed by atoms with Crippen LogP contribution in [-0.4, -0.2) is 34.1 Å². The van der Waals surface area contributed by atoms with Crippen LogP contribution in [0.25, 0.3) is 10.9 Å². The summed E-state index contributed by atoms with van der Waals surface area (Å²) in [5, 5.41) is 0.762. The molecule has 118 valence electrons. The first-order valence-electron chi connectivity index (χ1n) is 7.23. The predicted molar refractivity (Wildman–Crippen MR) is 78.0 cm³/mol. The van der Waals surface area contributed by atoms with Crippen LogP contribution in [0.2, 0.25) is 0 Å². The van der Waals surface area contributed by atoms with Crippen LogP contribution in [0.1, 0.15) is 18.7 Å². The van der Waals surface area contributed by atoms with Crippen LogP contribution < -0.4 is 5.73 Å². The maximum Gasteiger partial charge on any atom is 0.393 e. The largest absolute Gasteiger partial charge is 0.393 e. The summed E-state index contributed by atoms with van der Waals surface area (Å²) in [6.07, 6.45) is -3.41. The molecule has 0 radical (unpaired) electrons. The van der Waals surface area contributed by atoms with Gasteiger partial charge in [-0.2, -0.15) is 13.2 Å². The molecule has 0 saturated carbocycles. The molecule has 4 nitrogen and oxygen atoms in total. The molecule has 1 atom stereocenters. The van der Waals surface area contributed by atoms with Crippen LogP contribution >= 0.6 is 0 Å². The molecule has 3 rings (SSSR count). The molecule has 0 spiro atoms. The lowest BCUT2D eigenvalue weighted by atomic mass is 9.97. The maximum atomic E-state index is 12.8. The van der Waals surface area contributed by atoms with Gasteiger partial charge in [0.05, 0.1) is 18.0 Å². The molecule has 0 amide bonds. The molecule has 2 N–H and O–H groups in total. The van der Waals surface area contributed by atoms with Gasteiger partial charge in [0.2, 0.25) is 0 Å². The van der Waals surface area contributed by atoms with Crippen LogP contribution in [0, 0.1) is 5.92 Å². The quantitative estimate of drug-likeness (QED) is 0.926. The number of piperidine rings is 1. The number of fused-ring (bicyclic) bond motifs is 1. The third-order valence-electron chi connectivity index (χ3n) is 4.01. The fraction of sp³-hybridized carbons (Fsp3) is 0.467. The van der Waals surface area contributed by atoms with Crippen molar-refractivity contribution in [3.8, 4) is 0 Å². The van der Waals surface area contributed by atoms with Crippen molar-refractivity contribution in [2.24, 2.45) is 5.92 Å². The SMILES string of the molecule is Nc1nc(CN2CCC[C@@H](C(F)(F)F)C2)nc2ccccc12. The monoisotopic (exact) mass is 310 g/mol. The highest BCUT2D eigenvalue weighted by atomic mass is 19.4. The lowest BCUT2D eigenvalue weighted by molar-refractivity contribution is -0.187. The van der Waals surface area contributed by atoms with E-state index in [1.165, 1.54) is 0 Å². The number of nitrogens with two attached hydrogens (primary N) is 1. The standard InChI is InChI=1S/C15H17F3N4/c16-15(17,18)10-4-3-7-22(8-10)9-13-20-12-6-2-1-5-11(12)14(19)21-13/h1-2,5-6,10H,3-4,7-9H2,(H2,19,20,21)/t10-/m1/s1. The molecule has 1 aliphatic heterocycles. The van der Waals surface area contributed by atoms with Gasteiger partial charge in [-0.1, -0.05) is 12.1 Å². The van der Waals surface area contributed by atoms with Crippen molar-refractivity contribution in [1.82, 2.24) is 14.9 Å². The Bertz CT molecular complexity index is 671. The first-order valence-corrected chi connectivity index (χ1v) is 7.23. The number of halogens is 3. The average Bonchev–Trinajstić information content (AvgIpc) is 2.47. The number of alkyl halides is 3. The lowest BCUT2D eigenvalue weighted by Gasteiger charge is -2.33. The van der Waals surface area contributed by atoms with E-state index in [1.807, 2.05) is 24.3 Å². The zero-order valence-corrected chi connectivity index (χ0v) is 12.0. The van der Waals surface area contributed by atoms with Crippen LogP contribution in [0.5, 0.6) is 0 Å². The molecule has 1 aromatic carbocycles. The Morgan fingerprint density at radius 3 is 2.77 bits per heavy atom. The predicted octanol–water partition coefficient (Wildman–Crippen LogP) is 2.99. The first-order chi connectivity index (χ1) is 10.4. The Kier molecular flexibility index (Phi) is 3.90. The van der Waals surface area contributed by atoms with Gasteiger partial charge in [0.1, 0.15) is 11.6 Å². The second kappa shape index (κ2) is 5.72. The Balaban J connectivity index is 1.78. The average molecular weight is 310 g/mol. The summed E-state index contributed by atoms with van der Waals surface area (Å²) in [5.74, 6) is -0.428. The number of nitrogens with zero attached hydrogens (tertiary/aromatic N) is 3. The molecule has 1 aromatic heterocycles. The first kappa shape index (κ1) is 15.0.